The lowest BCUT2D eigenvalue weighted by atomic mass is 10.2. The maximum Gasteiger partial charge on any atom is 0.141 e. The summed E-state index contributed by atoms with van der Waals surface area (Å²) in [6.45, 7) is 2.53. The number of hydrogen-bond donors (Lipinski definition) is 1. The van der Waals surface area contributed by atoms with E-state index in [1.165, 1.54) is 0 Å². The third kappa shape index (κ3) is 1.37. The van der Waals surface area contributed by atoms with E-state index in [0.717, 1.165) is 11.1 Å². The summed E-state index contributed by atoms with van der Waals surface area (Å²) in [6, 6.07) is 7.07. The number of benzene rings is 1. The highest BCUT2D eigenvalue weighted by Crippen LogP contribution is 2.29. The average Bonchev–Trinajstić information content (AvgIpc) is 2.20. The zero-order valence-electron chi connectivity index (χ0n) is 7.90. The Kier molecular flexibility index (Phi) is 2.23. The Morgan fingerprint density at radius 1 is 1.36 bits per heavy atom. The third-order valence-electron chi connectivity index (χ3n) is 2.01. The molecule has 0 amide bonds. The Labute approximate surface area is 82.0 Å². The minimum absolute atomic E-state index is 0.184. The van der Waals surface area contributed by atoms with Crippen molar-refractivity contribution in [2.24, 2.45) is 0 Å². The third-order valence-corrected chi connectivity index (χ3v) is 2.01. The first-order chi connectivity index (χ1) is 6.83. The van der Waals surface area contributed by atoms with E-state index in [2.05, 4.69) is 4.98 Å². The van der Waals surface area contributed by atoms with Gasteiger partial charge in [0.1, 0.15) is 17.0 Å². The quantitative estimate of drug-likeness (QED) is 0.788. The van der Waals surface area contributed by atoms with Crippen molar-refractivity contribution in [3.05, 3.63) is 30.5 Å². The Hall–Kier alpha value is -1.77. The lowest BCUT2D eigenvalue weighted by Crippen LogP contribution is -1.93. The van der Waals surface area contributed by atoms with E-state index in [0.29, 0.717) is 12.1 Å². The summed E-state index contributed by atoms with van der Waals surface area (Å²) in [5, 5.41) is 10.4. The SMILES string of the molecule is CCOc1ccnc2c(O)cccc12. The summed E-state index contributed by atoms with van der Waals surface area (Å²) in [7, 11) is 0. The number of rotatable bonds is 2. The van der Waals surface area contributed by atoms with E-state index in [1.54, 1.807) is 24.4 Å². The molecule has 1 aromatic heterocycles. The lowest BCUT2D eigenvalue weighted by Gasteiger charge is -2.06. The highest BCUT2D eigenvalue weighted by Gasteiger charge is 2.04. The minimum atomic E-state index is 0.184. The summed E-state index contributed by atoms with van der Waals surface area (Å²) >= 11 is 0. The van der Waals surface area contributed by atoms with Crippen molar-refractivity contribution in [3.8, 4) is 11.5 Å². The first kappa shape index (κ1) is 8.81. The highest BCUT2D eigenvalue weighted by atomic mass is 16.5. The van der Waals surface area contributed by atoms with Gasteiger partial charge in [0, 0.05) is 11.6 Å². The molecule has 0 aliphatic heterocycles. The van der Waals surface area contributed by atoms with Crippen molar-refractivity contribution in [2.75, 3.05) is 6.61 Å². The molecule has 2 aromatic rings. The summed E-state index contributed by atoms with van der Waals surface area (Å²) in [5.41, 5.74) is 0.582. The van der Waals surface area contributed by atoms with Crippen molar-refractivity contribution in [1.82, 2.24) is 4.98 Å². The normalized spacial score (nSPS) is 10.4. The van der Waals surface area contributed by atoms with Gasteiger partial charge >= 0.3 is 0 Å². The van der Waals surface area contributed by atoms with Gasteiger partial charge in [-0.15, -0.1) is 0 Å². The van der Waals surface area contributed by atoms with Gasteiger partial charge in [0.25, 0.3) is 0 Å². The van der Waals surface area contributed by atoms with Crippen LogP contribution in [0.3, 0.4) is 0 Å². The minimum Gasteiger partial charge on any atom is -0.506 e. The van der Waals surface area contributed by atoms with E-state index in [4.69, 9.17) is 4.74 Å². The number of nitrogens with zero attached hydrogens (tertiary/aromatic N) is 1. The molecule has 0 saturated carbocycles. The lowest BCUT2D eigenvalue weighted by molar-refractivity contribution is 0.344. The molecule has 2 rings (SSSR count). The summed E-state index contributed by atoms with van der Waals surface area (Å²) in [5.74, 6) is 0.942. The van der Waals surface area contributed by atoms with Gasteiger partial charge in [0.2, 0.25) is 0 Å². The zero-order chi connectivity index (χ0) is 9.97. The highest BCUT2D eigenvalue weighted by molar-refractivity contribution is 5.89. The Morgan fingerprint density at radius 2 is 2.21 bits per heavy atom. The van der Waals surface area contributed by atoms with Crippen molar-refractivity contribution < 1.29 is 9.84 Å². The molecule has 3 heteroatoms. The van der Waals surface area contributed by atoms with E-state index in [1.807, 2.05) is 13.0 Å². The largest absolute Gasteiger partial charge is 0.506 e. The van der Waals surface area contributed by atoms with Gasteiger partial charge in [-0.3, -0.25) is 4.98 Å². The number of phenolic OH excluding ortho intramolecular Hbond substituents is 1. The predicted molar refractivity (Wildman–Crippen MR) is 54.6 cm³/mol. The maximum absolute atomic E-state index is 9.55. The van der Waals surface area contributed by atoms with Crippen LogP contribution in [-0.4, -0.2) is 16.7 Å². The van der Waals surface area contributed by atoms with Gasteiger partial charge in [-0.25, -0.2) is 0 Å². The molecule has 3 nitrogen and oxygen atoms in total. The number of para-hydroxylation sites is 1. The molecule has 0 saturated heterocycles. The molecule has 1 N–H and O–H groups in total. The monoisotopic (exact) mass is 189 g/mol. The number of ether oxygens (including phenoxy) is 1. The molecule has 0 aliphatic rings. The van der Waals surface area contributed by atoms with E-state index < -0.39 is 0 Å². The molecule has 1 aromatic carbocycles. The number of aromatic nitrogens is 1. The zero-order valence-corrected chi connectivity index (χ0v) is 7.90. The average molecular weight is 189 g/mol. The standard InChI is InChI=1S/C11H11NO2/c1-2-14-10-6-7-12-11-8(10)4-3-5-9(11)13/h3-7,13H,2H2,1H3. The molecule has 0 radical (unpaired) electrons. The Balaban J connectivity index is 2.68. The molecule has 0 bridgehead atoms. The molecular formula is C11H11NO2. The van der Waals surface area contributed by atoms with E-state index in [9.17, 15) is 5.11 Å². The van der Waals surface area contributed by atoms with Crippen LogP contribution in [0.1, 0.15) is 6.92 Å². The summed E-state index contributed by atoms with van der Waals surface area (Å²) in [6.07, 6.45) is 1.63. The van der Waals surface area contributed by atoms with Gasteiger partial charge in [-0.05, 0) is 25.1 Å². The summed E-state index contributed by atoms with van der Waals surface area (Å²) < 4.78 is 5.42. The van der Waals surface area contributed by atoms with Crippen molar-refractivity contribution in [2.45, 2.75) is 6.92 Å². The van der Waals surface area contributed by atoms with Gasteiger partial charge in [0.15, 0.2) is 0 Å². The fourth-order valence-corrected chi connectivity index (χ4v) is 1.42. The topological polar surface area (TPSA) is 42.4 Å². The second kappa shape index (κ2) is 3.54. The molecule has 0 atom stereocenters. The van der Waals surface area contributed by atoms with Gasteiger partial charge in [-0.1, -0.05) is 6.07 Å². The van der Waals surface area contributed by atoms with Gasteiger partial charge in [0.05, 0.1) is 6.61 Å². The molecule has 0 spiro atoms. The first-order valence-electron chi connectivity index (χ1n) is 4.52. The second-order valence-corrected chi connectivity index (χ2v) is 2.92. The van der Waals surface area contributed by atoms with Crippen LogP contribution in [0.2, 0.25) is 0 Å². The molecule has 0 aliphatic carbocycles. The fraction of sp³-hybridized carbons (Fsp3) is 0.182. The van der Waals surface area contributed by atoms with Crippen LogP contribution in [-0.2, 0) is 0 Å². The van der Waals surface area contributed by atoms with Crippen LogP contribution < -0.4 is 4.74 Å². The summed E-state index contributed by atoms with van der Waals surface area (Å²) in [4.78, 5) is 4.09. The molecule has 0 unspecified atom stereocenters. The van der Waals surface area contributed by atoms with Crippen LogP contribution in [0.25, 0.3) is 10.9 Å². The van der Waals surface area contributed by atoms with Gasteiger partial charge in [-0.2, -0.15) is 0 Å². The maximum atomic E-state index is 9.55. The van der Waals surface area contributed by atoms with Crippen LogP contribution in [0, 0.1) is 0 Å². The number of hydrogen-bond acceptors (Lipinski definition) is 3. The fourth-order valence-electron chi connectivity index (χ4n) is 1.42. The van der Waals surface area contributed by atoms with Crippen LogP contribution in [0.15, 0.2) is 30.5 Å². The van der Waals surface area contributed by atoms with Crippen molar-refractivity contribution in [3.63, 3.8) is 0 Å². The van der Waals surface area contributed by atoms with Crippen LogP contribution in [0.5, 0.6) is 11.5 Å². The first-order valence-corrected chi connectivity index (χ1v) is 4.52. The Bertz CT molecular complexity index is 454. The van der Waals surface area contributed by atoms with E-state index in [-0.39, 0.29) is 5.75 Å². The smallest absolute Gasteiger partial charge is 0.141 e. The number of fused-ring (bicyclic) bond motifs is 1. The second-order valence-electron chi connectivity index (χ2n) is 2.92. The Morgan fingerprint density at radius 3 is 3.00 bits per heavy atom. The number of pyridine rings is 1. The van der Waals surface area contributed by atoms with Crippen molar-refractivity contribution in [1.29, 1.82) is 0 Å². The number of phenols is 1. The molecule has 72 valence electrons. The molecule has 1 heterocycles. The van der Waals surface area contributed by atoms with Crippen LogP contribution in [0.4, 0.5) is 0 Å². The molecule has 14 heavy (non-hydrogen) atoms. The predicted octanol–water partition coefficient (Wildman–Crippen LogP) is 2.34. The van der Waals surface area contributed by atoms with Crippen molar-refractivity contribution >= 4 is 10.9 Å². The van der Waals surface area contributed by atoms with Crippen LogP contribution >= 0.6 is 0 Å². The number of aromatic hydroxyl groups is 1. The van der Waals surface area contributed by atoms with E-state index >= 15 is 0 Å². The van der Waals surface area contributed by atoms with Gasteiger partial charge < -0.3 is 9.84 Å². The molecular weight excluding hydrogens is 178 g/mol. The molecule has 0 fully saturated rings.